The highest BCUT2D eigenvalue weighted by Crippen LogP contribution is 2.43. The van der Waals surface area contributed by atoms with Gasteiger partial charge in [-0.15, -0.1) is 13.2 Å². The third kappa shape index (κ3) is 3.78. The van der Waals surface area contributed by atoms with Gasteiger partial charge in [-0.25, -0.2) is 9.78 Å². The molecule has 34 heavy (non-hydrogen) atoms. The molecule has 0 radical (unpaired) electrons. The molecule has 0 aliphatic heterocycles. The van der Waals surface area contributed by atoms with Crippen LogP contribution in [0.15, 0.2) is 41.2 Å². The third-order valence-electron chi connectivity index (χ3n) is 6.20. The smallest absolute Gasteiger partial charge is 0.478 e. The second kappa shape index (κ2) is 7.89. The molecule has 1 aromatic carbocycles. The molecule has 7 nitrogen and oxygen atoms in total. The first-order valence-electron chi connectivity index (χ1n) is 10.7. The minimum absolute atomic E-state index is 0.128. The van der Waals surface area contributed by atoms with Gasteiger partial charge in [0.05, 0.1) is 11.3 Å². The summed E-state index contributed by atoms with van der Waals surface area (Å²) in [4.78, 5) is 16.0. The van der Waals surface area contributed by atoms with E-state index < -0.39 is 18.1 Å². The van der Waals surface area contributed by atoms with Crippen LogP contribution < -0.4 is 4.74 Å². The van der Waals surface area contributed by atoms with Crippen molar-refractivity contribution in [1.82, 2.24) is 14.7 Å². The number of carbonyl (C=O) groups is 1. The summed E-state index contributed by atoms with van der Waals surface area (Å²) in [5.41, 5.74) is 3.09. The second-order valence-corrected chi connectivity index (χ2v) is 8.39. The van der Waals surface area contributed by atoms with Gasteiger partial charge in [0.25, 0.3) is 0 Å². The third-order valence-corrected chi connectivity index (χ3v) is 6.20. The Morgan fingerprint density at radius 1 is 1.21 bits per heavy atom. The molecular weight excluding hydrogens is 451 g/mol. The topological polar surface area (TPSA) is 90.4 Å². The Labute approximate surface area is 191 Å². The normalized spacial score (nSPS) is 14.4. The average molecular weight is 471 g/mol. The van der Waals surface area contributed by atoms with Crippen LogP contribution in [0.2, 0.25) is 0 Å². The highest BCUT2D eigenvalue weighted by atomic mass is 19.4. The SMILES string of the molecule is Cc1noc(C)c1-c1cnc2c(c1)c(-c1ccc(C(=O)O)cc1OC(F)(F)F)cn2C1CCC1. The largest absolute Gasteiger partial charge is 0.573 e. The van der Waals surface area contributed by atoms with E-state index in [1.54, 1.807) is 26.2 Å². The maximum atomic E-state index is 13.2. The van der Waals surface area contributed by atoms with E-state index >= 15 is 0 Å². The lowest BCUT2D eigenvalue weighted by Crippen LogP contribution is -2.18. The number of carboxylic acid groups (broad SMARTS) is 1. The van der Waals surface area contributed by atoms with Crippen molar-refractivity contribution in [3.05, 3.63) is 53.7 Å². The number of halogens is 3. The zero-order chi connectivity index (χ0) is 24.2. The van der Waals surface area contributed by atoms with E-state index in [0.717, 1.165) is 36.5 Å². The van der Waals surface area contributed by atoms with Gasteiger partial charge in [-0.2, -0.15) is 0 Å². The number of carboxylic acids is 1. The molecule has 1 fully saturated rings. The lowest BCUT2D eigenvalue weighted by atomic mass is 9.93. The first-order chi connectivity index (χ1) is 16.1. The summed E-state index contributed by atoms with van der Waals surface area (Å²) in [6, 6.07) is 5.54. The number of ether oxygens (including phenoxy) is 1. The van der Waals surface area contributed by atoms with Gasteiger partial charge in [-0.3, -0.25) is 0 Å². The van der Waals surface area contributed by atoms with Crippen molar-refractivity contribution in [2.24, 2.45) is 0 Å². The van der Waals surface area contributed by atoms with Crippen molar-refractivity contribution >= 4 is 17.0 Å². The summed E-state index contributed by atoms with van der Waals surface area (Å²) in [5.74, 6) is -1.33. The van der Waals surface area contributed by atoms with Crippen LogP contribution in [-0.2, 0) is 0 Å². The van der Waals surface area contributed by atoms with E-state index in [1.165, 1.54) is 12.1 Å². The maximum Gasteiger partial charge on any atom is 0.573 e. The lowest BCUT2D eigenvalue weighted by Gasteiger charge is -2.27. The highest BCUT2D eigenvalue weighted by molar-refractivity contribution is 5.99. The average Bonchev–Trinajstić information content (AvgIpc) is 3.25. The molecule has 176 valence electrons. The number of alkyl halides is 3. The van der Waals surface area contributed by atoms with Gasteiger partial charge >= 0.3 is 12.3 Å². The molecule has 1 aliphatic carbocycles. The molecule has 0 atom stereocenters. The zero-order valence-corrected chi connectivity index (χ0v) is 18.3. The lowest BCUT2D eigenvalue weighted by molar-refractivity contribution is -0.274. The molecule has 10 heteroatoms. The van der Waals surface area contributed by atoms with Crippen LogP contribution in [0.25, 0.3) is 33.3 Å². The molecule has 0 amide bonds. The van der Waals surface area contributed by atoms with Crippen LogP contribution >= 0.6 is 0 Å². The molecule has 1 saturated carbocycles. The minimum Gasteiger partial charge on any atom is -0.478 e. The number of aromatic nitrogens is 3. The fraction of sp³-hybridized carbons (Fsp3) is 0.292. The van der Waals surface area contributed by atoms with Gasteiger partial charge in [-0.05, 0) is 57.4 Å². The number of nitrogens with zero attached hydrogens (tertiary/aromatic N) is 3. The van der Waals surface area contributed by atoms with E-state index in [9.17, 15) is 23.1 Å². The quantitative estimate of drug-likeness (QED) is 0.368. The highest BCUT2D eigenvalue weighted by Gasteiger charge is 2.33. The zero-order valence-electron chi connectivity index (χ0n) is 18.3. The number of aromatic carboxylic acids is 1. The van der Waals surface area contributed by atoms with Crippen molar-refractivity contribution in [2.45, 2.75) is 45.5 Å². The van der Waals surface area contributed by atoms with Crippen molar-refractivity contribution in [3.63, 3.8) is 0 Å². The fourth-order valence-electron chi connectivity index (χ4n) is 4.41. The number of hydrogen-bond donors (Lipinski definition) is 1. The Kier molecular flexibility index (Phi) is 5.11. The van der Waals surface area contributed by atoms with Crippen LogP contribution in [0.5, 0.6) is 5.75 Å². The first kappa shape index (κ1) is 22.0. The van der Waals surface area contributed by atoms with E-state index in [2.05, 4.69) is 14.9 Å². The van der Waals surface area contributed by atoms with Crippen molar-refractivity contribution in [1.29, 1.82) is 0 Å². The molecule has 0 saturated heterocycles. The summed E-state index contributed by atoms with van der Waals surface area (Å²) >= 11 is 0. The van der Waals surface area contributed by atoms with Crippen LogP contribution in [-0.4, -0.2) is 32.1 Å². The molecule has 4 aromatic rings. The van der Waals surface area contributed by atoms with Crippen LogP contribution in [0.1, 0.15) is 47.1 Å². The predicted molar refractivity (Wildman–Crippen MR) is 117 cm³/mol. The molecule has 0 spiro atoms. The summed E-state index contributed by atoms with van der Waals surface area (Å²) in [7, 11) is 0. The van der Waals surface area contributed by atoms with E-state index in [4.69, 9.17) is 4.52 Å². The van der Waals surface area contributed by atoms with Crippen molar-refractivity contribution in [2.75, 3.05) is 0 Å². The Morgan fingerprint density at radius 3 is 2.56 bits per heavy atom. The number of rotatable bonds is 5. The number of hydrogen-bond acceptors (Lipinski definition) is 5. The van der Waals surface area contributed by atoms with Crippen molar-refractivity contribution in [3.8, 4) is 28.0 Å². The molecule has 1 aliphatic rings. The molecule has 3 aromatic heterocycles. The summed E-state index contributed by atoms with van der Waals surface area (Å²) in [6.45, 7) is 3.58. The van der Waals surface area contributed by atoms with Gasteiger partial charge in [-0.1, -0.05) is 5.16 Å². The van der Waals surface area contributed by atoms with Gasteiger partial charge in [0.1, 0.15) is 17.2 Å². The molecular formula is C24H20F3N3O4. The Balaban J connectivity index is 1.76. The minimum atomic E-state index is -4.99. The van der Waals surface area contributed by atoms with Crippen LogP contribution in [0, 0.1) is 13.8 Å². The summed E-state index contributed by atoms with van der Waals surface area (Å²) in [6.07, 6.45) is 1.44. The number of fused-ring (bicyclic) bond motifs is 1. The fourth-order valence-corrected chi connectivity index (χ4v) is 4.41. The predicted octanol–water partition coefficient (Wildman–Crippen LogP) is 6.30. The van der Waals surface area contributed by atoms with Gasteiger partial charge in [0.15, 0.2) is 0 Å². The van der Waals surface area contributed by atoms with Crippen LogP contribution in [0.3, 0.4) is 0 Å². The molecule has 0 unspecified atom stereocenters. The molecule has 1 N–H and O–H groups in total. The first-order valence-corrected chi connectivity index (χ1v) is 10.7. The van der Waals surface area contributed by atoms with E-state index in [0.29, 0.717) is 28.1 Å². The monoisotopic (exact) mass is 471 g/mol. The Hall–Kier alpha value is -3.82. The number of pyridine rings is 1. The maximum absolute atomic E-state index is 13.2. The van der Waals surface area contributed by atoms with Crippen molar-refractivity contribution < 1.29 is 32.3 Å². The van der Waals surface area contributed by atoms with Gasteiger partial charge < -0.3 is 18.9 Å². The van der Waals surface area contributed by atoms with Gasteiger partial charge in [0, 0.05) is 46.1 Å². The van der Waals surface area contributed by atoms with Crippen LogP contribution in [0.4, 0.5) is 13.2 Å². The van der Waals surface area contributed by atoms with E-state index in [1.807, 2.05) is 10.6 Å². The molecule has 0 bridgehead atoms. The second-order valence-electron chi connectivity index (χ2n) is 8.39. The summed E-state index contributed by atoms with van der Waals surface area (Å²) < 4.78 is 51.2. The summed E-state index contributed by atoms with van der Waals surface area (Å²) in [5, 5.41) is 13.9. The number of aryl methyl sites for hydroxylation is 2. The number of benzene rings is 1. The molecule has 3 heterocycles. The molecule has 5 rings (SSSR count). The Bertz CT molecular complexity index is 1400. The Morgan fingerprint density at radius 2 is 1.97 bits per heavy atom. The van der Waals surface area contributed by atoms with Gasteiger partial charge in [0.2, 0.25) is 0 Å². The standard InChI is InChI=1S/C24H20F3N3O4/c1-12-21(13(2)34-29-12)15-8-18-19(11-30(16-4-3-5-16)22(18)28-10-15)17-7-6-14(23(31)32)9-20(17)33-24(25,26)27/h6-11,16H,3-5H2,1-2H3,(H,31,32). The van der Waals surface area contributed by atoms with E-state index in [-0.39, 0.29) is 17.2 Å².